The summed E-state index contributed by atoms with van der Waals surface area (Å²) in [6.45, 7) is 1.73. The van der Waals surface area contributed by atoms with Gasteiger partial charge in [-0.25, -0.2) is 0 Å². The average molecular weight is 388 g/mol. The summed E-state index contributed by atoms with van der Waals surface area (Å²) in [6.07, 6.45) is 0. The summed E-state index contributed by atoms with van der Waals surface area (Å²) in [6, 6.07) is 11.8. The first kappa shape index (κ1) is 19.2. The van der Waals surface area contributed by atoms with Crippen LogP contribution in [0.2, 0.25) is 5.02 Å². The highest BCUT2D eigenvalue weighted by atomic mass is 35.5. The molecule has 0 saturated carbocycles. The maximum Gasteiger partial charge on any atom is 0.254 e. The van der Waals surface area contributed by atoms with Crippen molar-refractivity contribution in [2.24, 2.45) is 0 Å². The standard InChI is InChI=1S/C20H22ClN3O3/c1-12(18(25)24(2)3)23-20(14-7-5-6-8-17(14)27-4)15-11-13(21)9-10-16(15)22-19(20)26/h5-12,23H,1-4H3,(H,22,26)/t12-,20?/m0/s1. The second kappa shape index (κ2) is 7.21. The van der Waals surface area contributed by atoms with Crippen molar-refractivity contribution in [2.75, 3.05) is 26.5 Å². The summed E-state index contributed by atoms with van der Waals surface area (Å²) in [7, 11) is 4.90. The van der Waals surface area contributed by atoms with E-state index in [9.17, 15) is 9.59 Å². The van der Waals surface area contributed by atoms with Gasteiger partial charge in [0.2, 0.25) is 5.91 Å². The average Bonchev–Trinajstić information content (AvgIpc) is 2.92. The topological polar surface area (TPSA) is 70.7 Å². The molecule has 0 aromatic heterocycles. The van der Waals surface area contributed by atoms with E-state index >= 15 is 0 Å². The molecule has 2 aromatic rings. The van der Waals surface area contributed by atoms with Crippen LogP contribution in [0.1, 0.15) is 18.1 Å². The summed E-state index contributed by atoms with van der Waals surface area (Å²) in [5, 5.41) is 6.65. The van der Waals surface area contributed by atoms with E-state index in [0.29, 0.717) is 27.6 Å². The molecule has 0 fully saturated rings. The number of nitrogens with one attached hydrogen (secondary N) is 2. The maximum absolute atomic E-state index is 13.3. The Morgan fingerprint density at radius 2 is 1.93 bits per heavy atom. The molecule has 0 spiro atoms. The Morgan fingerprint density at radius 3 is 2.59 bits per heavy atom. The van der Waals surface area contributed by atoms with Gasteiger partial charge >= 0.3 is 0 Å². The van der Waals surface area contributed by atoms with Gasteiger partial charge in [-0.05, 0) is 31.2 Å². The SMILES string of the molecule is COc1ccccc1C1(N[C@@H](C)C(=O)N(C)C)C(=O)Nc2ccc(Cl)cc21. The first-order chi connectivity index (χ1) is 12.8. The van der Waals surface area contributed by atoms with Crippen LogP contribution in [0, 0.1) is 0 Å². The predicted octanol–water partition coefficient (Wildman–Crippen LogP) is 2.61. The van der Waals surface area contributed by atoms with Crippen molar-refractivity contribution in [3.8, 4) is 5.75 Å². The number of likely N-dealkylation sites (N-methyl/N-ethyl adjacent to an activating group) is 1. The second-order valence-electron chi connectivity index (χ2n) is 6.69. The molecule has 0 bridgehead atoms. The first-order valence-electron chi connectivity index (χ1n) is 8.55. The minimum atomic E-state index is -1.31. The molecule has 2 N–H and O–H groups in total. The summed E-state index contributed by atoms with van der Waals surface area (Å²) in [4.78, 5) is 27.3. The largest absolute Gasteiger partial charge is 0.496 e. The number of fused-ring (bicyclic) bond motifs is 1. The highest BCUT2D eigenvalue weighted by molar-refractivity contribution is 6.31. The van der Waals surface area contributed by atoms with Crippen LogP contribution in [-0.4, -0.2) is 44.0 Å². The van der Waals surface area contributed by atoms with Gasteiger partial charge in [-0.15, -0.1) is 0 Å². The van der Waals surface area contributed by atoms with E-state index < -0.39 is 11.6 Å². The number of hydrogen-bond donors (Lipinski definition) is 2. The van der Waals surface area contributed by atoms with Gasteiger partial charge in [0.05, 0.1) is 13.2 Å². The van der Waals surface area contributed by atoms with Crippen LogP contribution >= 0.6 is 11.6 Å². The Labute approximate surface area is 163 Å². The quantitative estimate of drug-likeness (QED) is 0.827. The van der Waals surface area contributed by atoms with Crippen LogP contribution < -0.4 is 15.4 Å². The molecule has 1 heterocycles. The molecule has 0 aliphatic carbocycles. The van der Waals surface area contributed by atoms with Crippen molar-refractivity contribution in [1.82, 2.24) is 10.2 Å². The molecule has 3 rings (SSSR count). The number of nitrogens with zero attached hydrogens (tertiary/aromatic N) is 1. The fourth-order valence-electron chi connectivity index (χ4n) is 3.49. The van der Waals surface area contributed by atoms with E-state index in [-0.39, 0.29) is 11.8 Å². The minimum Gasteiger partial charge on any atom is -0.496 e. The third-order valence-corrected chi connectivity index (χ3v) is 4.96. The van der Waals surface area contributed by atoms with Crippen molar-refractivity contribution < 1.29 is 14.3 Å². The fourth-order valence-corrected chi connectivity index (χ4v) is 3.66. The Morgan fingerprint density at radius 1 is 1.22 bits per heavy atom. The molecule has 1 unspecified atom stereocenters. The Hall–Kier alpha value is -2.57. The zero-order valence-corrected chi connectivity index (χ0v) is 16.4. The number of rotatable bonds is 5. The summed E-state index contributed by atoms with van der Waals surface area (Å²) in [5.41, 5.74) is 0.609. The number of carbonyl (C=O) groups is 2. The van der Waals surface area contributed by atoms with Gasteiger partial charge in [0, 0.05) is 35.9 Å². The number of halogens is 1. The number of anilines is 1. The van der Waals surface area contributed by atoms with Gasteiger partial charge in [0.1, 0.15) is 5.75 Å². The lowest BCUT2D eigenvalue weighted by atomic mass is 9.82. The maximum atomic E-state index is 13.3. The molecule has 7 heteroatoms. The van der Waals surface area contributed by atoms with E-state index in [2.05, 4.69) is 10.6 Å². The number of amides is 2. The van der Waals surface area contributed by atoms with Crippen molar-refractivity contribution in [2.45, 2.75) is 18.5 Å². The van der Waals surface area contributed by atoms with Crippen LogP contribution in [0.4, 0.5) is 5.69 Å². The van der Waals surface area contributed by atoms with Gasteiger partial charge in [-0.3, -0.25) is 14.9 Å². The Balaban J connectivity index is 2.24. The Bertz CT molecular complexity index is 900. The molecule has 27 heavy (non-hydrogen) atoms. The molecule has 1 aliphatic rings. The minimum absolute atomic E-state index is 0.146. The van der Waals surface area contributed by atoms with Crippen molar-refractivity contribution in [3.05, 3.63) is 58.6 Å². The molecular formula is C20H22ClN3O3. The lowest BCUT2D eigenvalue weighted by Crippen LogP contribution is -2.56. The lowest BCUT2D eigenvalue weighted by Gasteiger charge is -2.34. The molecule has 2 aromatic carbocycles. The predicted molar refractivity (Wildman–Crippen MR) is 105 cm³/mol. The fraction of sp³-hybridized carbons (Fsp3) is 0.300. The lowest BCUT2D eigenvalue weighted by molar-refractivity contribution is -0.131. The van der Waals surface area contributed by atoms with E-state index in [1.54, 1.807) is 52.4 Å². The molecule has 6 nitrogen and oxygen atoms in total. The van der Waals surface area contributed by atoms with Gasteiger partial charge in [0.15, 0.2) is 5.54 Å². The zero-order chi connectivity index (χ0) is 19.8. The molecule has 2 amide bonds. The third-order valence-electron chi connectivity index (χ3n) is 4.73. The molecule has 0 saturated heterocycles. The van der Waals surface area contributed by atoms with Gasteiger partial charge in [0.25, 0.3) is 5.91 Å². The van der Waals surface area contributed by atoms with Gasteiger partial charge in [-0.2, -0.15) is 0 Å². The molecule has 142 valence electrons. The summed E-state index contributed by atoms with van der Waals surface area (Å²) in [5.74, 6) is 0.104. The number of benzene rings is 2. The monoisotopic (exact) mass is 387 g/mol. The van der Waals surface area contributed by atoms with Crippen molar-refractivity contribution in [3.63, 3.8) is 0 Å². The van der Waals surface area contributed by atoms with Crippen LogP contribution in [0.5, 0.6) is 5.75 Å². The first-order valence-corrected chi connectivity index (χ1v) is 8.93. The summed E-state index contributed by atoms with van der Waals surface area (Å²) < 4.78 is 5.52. The highest BCUT2D eigenvalue weighted by Crippen LogP contribution is 2.45. The van der Waals surface area contributed by atoms with Crippen LogP contribution in [0.25, 0.3) is 0 Å². The number of hydrogen-bond acceptors (Lipinski definition) is 4. The Kier molecular flexibility index (Phi) is 5.13. The highest BCUT2D eigenvalue weighted by Gasteiger charge is 2.51. The van der Waals surface area contributed by atoms with Crippen LogP contribution in [0.3, 0.4) is 0 Å². The van der Waals surface area contributed by atoms with E-state index in [4.69, 9.17) is 16.3 Å². The smallest absolute Gasteiger partial charge is 0.254 e. The molecule has 2 atom stereocenters. The second-order valence-corrected chi connectivity index (χ2v) is 7.13. The molecule has 1 aliphatic heterocycles. The third kappa shape index (κ3) is 3.15. The summed E-state index contributed by atoms with van der Waals surface area (Å²) >= 11 is 6.24. The van der Waals surface area contributed by atoms with Crippen molar-refractivity contribution >= 4 is 29.1 Å². The number of carbonyl (C=O) groups excluding carboxylic acids is 2. The van der Waals surface area contributed by atoms with Crippen LogP contribution in [-0.2, 0) is 15.1 Å². The molecular weight excluding hydrogens is 366 g/mol. The van der Waals surface area contributed by atoms with E-state index in [0.717, 1.165) is 0 Å². The van der Waals surface area contributed by atoms with Gasteiger partial charge in [-0.1, -0.05) is 29.8 Å². The molecule has 0 radical (unpaired) electrons. The zero-order valence-electron chi connectivity index (χ0n) is 15.7. The number of para-hydroxylation sites is 1. The number of ether oxygens (including phenoxy) is 1. The van der Waals surface area contributed by atoms with E-state index in [1.165, 1.54) is 4.90 Å². The van der Waals surface area contributed by atoms with Gasteiger partial charge < -0.3 is 15.0 Å². The van der Waals surface area contributed by atoms with Crippen LogP contribution in [0.15, 0.2) is 42.5 Å². The van der Waals surface area contributed by atoms with Crippen molar-refractivity contribution in [1.29, 1.82) is 0 Å². The normalized spacial score (nSPS) is 19.2. The number of methoxy groups -OCH3 is 1. The van der Waals surface area contributed by atoms with E-state index in [1.807, 2.05) is 18.2 Å².